The van der Waals surface area contributed by atoms with E-state index in [1.807, 2.05) is 13.8 Å². The number of carbonyl (C=O) groups is 10. The number of imide groups is 1. The van der Waals surface area contributed by atoms with E-state index in [0.29, 0.717) is 98.3 Å². The number of nitrogens with zero attached hydrogens (tertiary/aromatic N) is 5. The number of aromatic nitrogens is 2. The van der Waals surface area contributed by atoms with Gasteiger partial charge in [0, 0.05) is 142 Å². The van der Waals surface area contributed by atoms with Gasteiger partial charge in [-0.25, -0.2) is 18.9 Å². The van der Waals surface area contributed by atoms with Gasteiger partial charge in [-0.1, -0.05) is 26.0 Å². The van der Waals surface area contributed by atoms with Crippen LogP contribution in [-0.2, 0) is 77.9 Å². The number of primary amides is 1. The number of phosphoric ester groups is 1. The monoisotopic (exact) mass is 1610 g/mol. The first-order valence-corrected chi connectivity index (χ1v) is 39.5. The molecule has 3 aliphatic carbocycles. The molecule has 11 rings (SSSR count). The number of rotatable bonds is 44. The minimum absolute atomic E-state index is 0.0252. The molecule has 9 N–H and O–H groups in total. The second-order valence-electron chi connectivity index (χ2n) is 28.9. The number of aryl methyl sites for hydroxylation is 2. The summed E-state index contributed by atoms with van der Waals surface area (Å²) in [5.41, 5.74) is 9.65. The average Bonchev–Trinajstić information content (AvgIpc) is 1.58. The zero-order valence-electron chi connectivity index (χ0n) is 63.0. The molecule has 6 aliphatic rings. The predicted molar refractivity (Wildman–Crippen MR) is 408 cm³/mol. The van der Waals surface area contributed by atoms with E-state index in [0.717, 1.165) is 32.5 Å². The van der Waals surface area contributed by atoms with Crippen LogP contribution in [0.4, 0.5) is 31.4 Å². The molecule has 10 amide bonds. The predicted octanol–water partition coefficient (Wildman–Crippen LogP) is 7.16. The number of likely N-dealkylation sites (N-methyl/N-ethyl adjacent to an activating group) is 2. The number of hydrogen-bond acceptors (Lipinski definition) is 20. The van der Waals surface area contributed by atoms with E-state index in [1.165, 1.54) is 42.1 Å². The van der Waals surface area contributed by atoms with Gasteiger partial charge in [0.05, 0.1) is 125 Å². The third kappa shape index (κ3) is 20.8. The minimum Gasteiger partial charge on any atom is -0.445 e. The summed E-state index contributed by atoms with van der Waals surface area (Å²) < 4.78 is 61.9. The lowest BCUT2D eigenvalue weighted by molar-refractivity contribution is -0.205. The third-order valence-electron chi connectivity index (χ3n) is 20.5. The van der Waals surface area contributed by atoms with Crippen LogP contribution < -0.4 is 40.7 Å². The Balaban J connectivity index is 0.631. The molecule has 0 spiro atoms. The number of H-pyrrole nitrogens is 2. The molecule has 3 saturated carbocycles. The van der Waals surface area contributed by atoms with E-state index in [1.54, 1.807) is 66.4 Å². The number of amides is 10. The molecule has 5 heterocycles. The van der Waals surface area contributed by atoms with Crippen molar-refractivity contribution < 1.29 is 105 Å². The second kappa shape index (κ2) is 38.2. The molecule has 4 unspecified atom stereocenters. The van der Waals surface area contributed by atoms with Crippen molar-refractivity contribution in [2.45, 2.75) is 97.1 Å². The fourth-order valence-corrected chi connectivity index (χ4v) is 15.8. The van der Waals surface area contributed by atoms with Crippen LogP contribution in [-0.4, -0.2) is 244 Å². The number of nitrogens with two attached hydrogens (primary N) is 1. The number of alkyl halides is 2. The maximum absolute atomic E-state index is 15.0. The number of ether oxygens (including phenoxy) is 8. The van der Waals surface area contributed by atoms with Gasteiger partial charge >= 0.3 is 26.0 Å². The molecule has 3 aromatic carbocycles. The quantitative estimate of drug-likeness (QED) is 0.00829. The van der Waals surface area contributed by atoms with Crippen LogP contribution in [0.15, 0.2) is 60.9 Å². The van der Waals surface area contributed by atoms with Crippen molar-refractivity contribution in [3.8, 4) is 11.5 Å². The van der Waals surface area contributed by atoms with E-state index < -0.39 is 60.6 Å². The normalized spacial score (nSPS) is 18.7. The number of halogens is 2. The summed E-state index contributed by atoms with van der Waals surface area (Å²) in [6, 6.07) is 8.02. The van der Waals surface area contributed by atoms with Gasteiger partial charge in [-0.05, 0) is 91.8 Å². The molecular formula is C75H98Cl2N11O22P. The fraction of sp³-hybridized carbons (Fsp3) is 0.547. The van der Waals surface area contributed by atoms with Gasteiger partial charge in [-0.2, -0.15) is 0 Å². The van der Waals surface area contributed by atoms with E-state index in [2.05, 4.69) is 25.9 Å². The third-order valence-corrected chi connectivity index (χ3v) is 21.7. The zero-order valence-corrected chi connectivity index (χ0v) is 65.4. The average molecular weight is 1610 g/mol. The Morgan fingerprint density at radius 1 is 0.685 bits per heavy atom. The molecule has 3 fully saturated rings. The van der Waals surface area contributed by atoms with E-state index in [9.17, 15) is 62.3 Å². The standard InChI is InChI=1S/C75H98Cl2N11O22P/c1-45(2)65(83-58(90)15-20-102-22-24-104-26-28-106-30-31-107-29-27-105-25-23-103-21-19-86-59(91)13-14-60(86)92)55(89)32-49(8-7-16-79-71(78)96)68(93)82-52-11-9-48(10-12-52)41-108-72(97)84(5)17-18-85(6)73(98)109-56-33-53-63(61-46(3)37-80-66(56)61)50(35-76)39-87(53)69(94)74-42-75(43-74,44-74)70(95)88-40-51(36-77)64-54(88)34-57(110-111(99,100)101)67-62(64)47(4)38-81-67/h9-14,33-34,37-38,45,49-51,65,80-81H,7-8,15-32,35-36,39-44H2,1-6H3,(H,82,93)(H,83,90)(H3,78,79,96)(H2,99,100,101). The van der Waals surface area contributed by atoms with Gasteiger partial charge in [-0.3, -0.25) is 48.2 Å². The molecule has 5 aromatic rings. The number of fused-ring (bicyclic) bond motifs is 6. The number of hydrogen-bond donors (Lipinski definition) is 8. The van der Waals surface area contributed by atoms with Crippen LogP contribution >= 0.6 is 31.0 Å². The van der Waals surface area contributed by atoms with Crippen molar-refractivity contribution in [2.75, 3.05) is 160 Å². The summed E-state index contributed by atoms with van der Waals surface area (Å²) in [5.74, 6) is -3.67. The fourth-order valence-electron chi connectivity index (χ4n) is 14.9. The summed E-state index contributed by atoms with van der Waals surface area (Å²) in [6.07, 6.45) is 5.59. The molecule has 3 aliphatic heterocycles. The highest BCUT2D eigenvalue weighted by Gasteiger charge is 2.76. The molecule has 2 aromatic heterocycles. The van der Waals surface area contributed by atoms with Crippen molar-refractivity contribution >= 4 is 129 Å². The molecule has 36 heteroatoms. The van der Waals surface area contributed by atoms with Crippen LogP contribution in [0.25, 0.3) is 21.8 Å². The van der Waals surface area contributed by atoms with Crippen molar-refractivity contribution in [2.24, 2.45) is 28.4 Å². The lowest BCUT2D eigenvalue weighted by Crippen LogP contribution is -2.73. The molecule has 111 heavy (non-hydrogen) atoms. The number of carbonyl (C=O) groups excluding carboxylic acids is 10. The molecule has 604 valence electrons. The number of anilines is 3. The Morgan fingerprint density at radius 2 is 1.16 bits per heavy atom. The van der Waals surface area contributed by atoms with Gasteiger partial charge < -0.3 is 93.7 Å². The number of nitrogens with one attached hydrogen (secondary N) is 5. The van der Waals surface area contributed by atoms with Gasteiger partial charge in [0.25, 0.3) is 11.8 Å². The minimum atomic E-state index is -5.00. The summed E-state index contributed by atoms with van der Waals surface area (Å²) >= 11 is 13.2. The van der Waals surface area contributed by atoms with Gasteiger partial charge in [0.15, 0.2) is 17.3 Å². The van der Waals surface area contributed by atoms with Gasteiger partial charge in [0.1, 0.15) is 6.61 Å². The lowest BCUT2D eigenvalue weighted by Gasteiger charge is -2.69. The van der Waals surface area contributed by atoms with Crippen LogP contribution in [0.5, 0.6) is 11.5 Å². The molecule has 33 nitrogen and oxygen atoms in total. The Hall–Kier alpha value is -8.73. The molecule has 0 radical (unpaired) electrons. The lowest BCUT2D eigenvalue weighted by atomic mass is 9.34. The summed E-state index contributed by atoms with van der Waals surface area (Å²) in [6.45, 7) is 11.6. The van der Waals surface area contributed by atoms with Crippen LogP contribution in [0.2, 0.25) is 0 Å². The van der Waals surface area contributed by atoms with Crippen molar-refractivity contribution in [3.63, 3.8) is 0 Å². The van der Waals surface area contributed by atoms with Gasteiger partial charge in [-0.15, -0.1) is 23.2 Å². The number of Topliss-reactive ketones (excluding diaryl/α,β-unsaturated/α-hetero) is 1. The number of phosphoric acid groups is 1. The largest absolute Gasteiger partial charge is 0.524 e. The highest BCUT2D eigenvalue weighted by molar-refractivity contribution is 7.46. The van der Waals surface area contributed by atoms with Crippen molar-refractivity contribution in [3.05, 3.63) is 88.8 Å². The Bertz CT molecular complexity index is 4280. The number of aromatic amines is 2. The summed E-state index contributed by atoms with van der Waals surface area (Å²) in [5, 5.41) is 9.59. The first-order chi connectivity index (χ1) is 53.1. The molecular weight excluding hydrogens is 1510 g/mol. The Labute approximate surface area is 651 Å². The number of benzene rings is 3. The Kier molecular flexibility index (Phi) is 29.2. The van der Waals surface area contributed by atoms with Crippen molar-refractivity contribution in [1.29, 1.82) is 0 Å². The SMILES string of the molecule is Cc1c[nH]c2c(OC(=O)N(C)CCN(C)C(=O)OCc3ccc(NC(=O)C(CCCNC(N)=O)CC(=O)C(NC(=O)CCOCCOCCOCCOCCOCCOCCN4C(=O)C=CC4=O)C(C)C)cc3)cc3c(c12)C(CCl)CN3C(=O)C12CC(C(=O)N3CC(CCl)c4c3cc(OP(=O)(O)O)c3[nH]cc(C)c43)(C1)C2. The number of urea groups is 1. The van der Waals surface area contributed by atoms with E-state index >= 15 is 0 Å². The summed E-state index contributed by atoms with van der Waals surface area (Å²) in [7, 11) is -1.97. The molecule has 0 saturated heterocycles. The number of ketones is 1. The van der Waals surface area contributed by atoms with Crippen LogP contribution in [0.3, 0.4) is 0 Å². The molecule has 4 atom stereocenters. The maximum Gasteiger partial charge on any atom is 0.524 e. The topological polar surface area (TPSA) is 421 Å². The zero-order chi connectivity index (χ0) is 79.9. The first kappa shape index (κ1) is 84.7. The summed E-state index contributed by atoms with van der Waals surface area (Å²) in [4.78, 5) is 165. The highest BCUT2D eigenvalue weighted by atomic mass is 35.5. The first-order valence-electron chi connectivity index (χ1n) is 36.9. The van der Waals surface area contributed by atoms with Crippen LogP contribution in [0, 0.1) is 36.5 Å². The second-order valence-corrected chi connectivity index (χ2v) is 30.7. The highest BCUT2D eigenvalue weighted by Crippen LogP contribution is 2.75. The Morgan fingerprint density at radius 3 is 1.65 bits per heavy atom. The van der Waals surface area contributed by atoms with Gasteiger partial charge in [0.2, 0.25) is 23.6 Å². The molecule has 2 bridgehead atoms. The van der Waals surface area contributed by atoms with Crippen LogP contribution in [0.1, 0.15) is 98.4 Å². The van der Waals surface area contributed by atoms with Crippen molar-refractivity contribution in [1.82, 2.24) is 35.3 Å². The van der Waals surface area contributed by atoms with E-state index in [4.69, 9.17) is 71.4 Å². The van der Waals surface area contributed by atoms with E-state index in [-0.39, 0.29) is 181 Å². The maximum atomic E-state index is 15.0. The smallest absolute Gasteiger partial charge is 0.445 e.